The second-order valence-corrected chi connectivity index (χ2v) is 4.56. The van der Waals surface area contributed by atoms with Crippen LogP contribution in [0.5, 0.6) is 0 Å². The molecule has 0 aliphatic rings. The first-order chi connectivity index (χ1) is 8.81. The predicted molar refractivity (Wildman–Crippen MR) is 67.7 cm³/mol. The Morgan fingerprint density at radius 3 is 2.58 bits per heavy atom. The minimum absolute atomic E-state index is 0.0571. The molecule has 0 aliphatic carbocycles. The van der Waals surface area contributed by atoms with Crippen molar-refractivity contribution in [3.8, 4) is 0 Å². The fraction of sp³-hybridized carbons (Fsp3) is 0.417. The van der Waals surface area contributed by atoms with Gasteiger partial charge in [0.05, 0.1) is 16.7 Å². The minimum Gasteiger partial charge on any atom is -0.480 e. The van der Waals surface area contributed by atoms with Gasteiger partial charge in [-0.25, -0.2) is 4.39 Å². The van der Waals surface area contributed by atoms with Gasteiger partial charge in [0.1, 0.15) is 6.54 Å². The molecule has 1 aromatic rings. The molecule has 0 saturated heterocycles. The number of rotatable bonds is 6. The molecule has 0 radical (unpaired) electrons. The lowest BCUT2D eigenvalue weighted by atomic mass is 10.1. The topological polar surface area (TPSA) is 83.7 Å². The highest BCUT2D eigenvalue weighted by Gasteiger charge is 2.18. The first-order valence-corrected chi connectivity index (χ1v) is 5.72. The third kappa shape index (κ3) is 4.20. The van der Waals surface area contributed by atoms with Crippen LogP contribution < -0.4 is 4.90 Å². The van der Waals surface area contributed by atoms with E-state index < -0.39 is 16.7 Å². The van der Waals surface area contributed by atoms with Crippen LogP contribution in [0, 0.1) is 21.8 Å². The molecule has 104 valence electrons. The predicted octanol–water partition coefficient (Wildman–Crippen LogP) is 2.28. The monoisotopic (exact) mass is 270 g/mol. The normalized spacial score (nSPS) is 10.5. The number of hydrogen-bond donors (Lipinski definition) is 1. The molecule has 0 unspecified atom stereocenters. The zero-order chi connectivity index (χ0) is 14.6. The number of hydrogen-bond acceptors (Lipinski definition) is 4. The minimum atomic E-state index is -1.08. The van der Waals surface area contributed by atoms with Gasteiger partial charge in [0, 0.05) is 12.6 Å². The van der Waals surface area contributed by atoms with E-state index in [4.69, 9.17) is 5.11 Å². The van der Waals surface area contributed by atoms with Gasteiger partial charge in [-0.3, -0.25) is 14.9 Å². The number of halogens is 1. The molecule has 6 nitrogen and oxygen atoms in total. The van der Waals surface area contributed by atoms with Crippen LogP contribution >= 0.6 is 0 Å². The van der Waals surface area contributed by atoms with Gasteiger partial charge in [0.15, 0.2) is 5.82 Å². The third-order valence-electron chi connectivity index (χ3n) is 2.39. The number of carboxylic acids is 1. The summed E-state index contributed by atoms with van der Waals surface area (Å²) < 4.78 is 13.8. The molecule has 0 heterocycles. The van der Waals surface area contributed by atoms with Crippen LogP contribution in [0.2, 0.25) is 0 Å². The number of nitro groups is 1. The van der Waals surface area contributed by atoms with E-state index in [0.29, 0.717) is 6.54 Å². The second-order valence-electron chi connectivity index (χ2n) is 4.56. The maximum Gasteiger partial charge on any atom is 0.323 e. The van der Waals surface area contributed by atoms with Crippen molar-refractivity contribution >= 4 is 17.3 Å². The first-order valence-electron chi connectivity index (χ1n) is 5.72. The van der Waals surface area contributed by atoms with E-state index in [1.165, 1.54) is 11.0 Å². The van der Waals surface area contributed by atoms with Crippen LogP contribution in [-0.4, -0.2) is 29.1 Å². The lowest BCUT2D eigenvalue weighted by Gasteiger charge is -2.25. The number of nitro benzene ring substituents is 1. The van der Waals surface area contributed by atoms with Crippen molar-refractivity contribution in [3.05, 3.63) is 34.1 Å². The number of benzene rings is 1. The van der Waals surface area contributed by atoms with Crippen LogP contribution in [0.4, 0.5) is 15.8 Å². The van der Waals surface area contributed by atoms with Crippen LogP contribution in [0.3, 0.4) is 0 Å². The van der Waals surface area contributed by atoms with E-state index in [2.05, 4.69) is 0 Å². The fourth-order valence-corrected chi connectivity index (χ4v) is 1.72. The zero-order valence-corrected chi connectivity index (χ0v) is 10.7. The number of carbonyl (C=O) groups is 1. The smallest absolute Gasteiger partial charge is 0.323 e. The van der Waals surface area contributed by atoms with E-state index in [0.717, 1.165) is 12.1 Å². The maximum absolute atomic E-state index is 13.8. The highest BCUT2D eigenvalue weighted by Crippen LogP contribution is 2.24. The Kier molecular flexibility index (Phi) is 4.80. The molecule has 1 rings (SSSR count). The molecule has 7 heteroatoms. The lowest BCUT2D eigenvalue weighted by molar-refractivity contribution is -0.385. The van der Waals surface area contributed by atoms with Crippen LogP contribution in [0.15, 0.2) is 18.2 Å². The van der Waals surface area contributed by atoms with Crippen molar-refractivity contribution in [2.24, 2.45) is 5.92 Å². The van der Waals surface area contributed by atoms with Gasteiger partial charge in [0.25, 0.3) is 5.69 Å². The fourth-order valence-electron chi connectivity index (χ4n) is 1.72. The van der Waals surface area contributed by atoms with Crippen LogP contribution in [0.25, 0.3) is 0 Å². The van der Waals surface area contributed by atoms with Gasteiger partial charge >= 0.3 is 5.97 Å². The molecule has 1 aromatic carbocycles. The van der Waals surface area contributed by atoms with E-state index >= 15 is 0 Å². The average Bonchev–Trinajstić information content (AvgIpc) is 2.26. The highest BCUT2D eigenvalue weighted by molar-refractivity contribution is 5.74. The Balaban J connectivity index is 3.07. The molecule has 1 N–H and O–H groups in total. The van der Waals surface area contributed by atoms with Crippen molar-refractivity contribution < 1.29 is 19.2 Å². The molecule has 0 spiro atoms. The average molecular weight is 270 g/mol. The standard InChI is InChI=1S/C12H15FN2O4/c1-8(2)6-14(7-12(16)17)11-4-3-9(15(18)19)5-10(11)13/h3-5,8H,6-7H2,1-2H3,(H,16,17). The van der Waals surface area contributed by atoms with Crippen molar-refractivity contribution in [1.82, 2.24) is 0 Å². The largest absolute Gasteiger partial charge is 0.480 e. The molecule has 0 fully saturated rings. The van der Waals surface area contributed by atoms with Gasteiger partial charge < -0.3 is 10.0 Å². The first kappa shape index (κ1) is 14.9. The van der Waals surface area contributed by atoms with E-state index in [1.807, 2.05) is 13.8 Å². The van der Waals surface area contributed by atoms with Crippen molar-refractivity contribution in [1.29, 1.82) is 0 Å². The Morgan fingerprint density at radius 2 is 2.16 bits per heavy atom. The van der Waals surface area contributed by atoms with Crippen molar-refractivity contribution in [2.75, 3.05) is 18.0 Å². The van der Waals surface area contributed by atoms with Gasteiger partial charge in [-0.2, -0.15) is 0 Å². The summed E-state index contributed by atoms with van der Waals surface area (Å²) in [5.41, 5.74) is -0.303. The quantitative estimate of drug-likeness (QED) is 0.633. The summed E-state index contributed by atoms with van der Waals surface area (Å²) in [4.78, 5) is 22.0. The van der Waals surface area contributed by atoms with Crippen molar-refractivity contribution in [3.63, 3.8) is 0 Å². The van der Waals surface area contributed by atoms with E-state index in [9.17, 15) is 19.3 Å². The lowest BCUT2D eigenvalue weighted by Crippen LogP contribution is -2.33. The van der Waals surface area contributed by atoms with Gasteiger partial charge in [-0.15, -0.1) is 0 Å². The molecule has 0 amide bonds. The van der Waals surface area contributed by atoms with E-state index in [1.54, 1.807) is 0 Å². The summed E-state index contributed by atoms with van der Waals surface area (Å²) in [7, 11) is 0. The summed E-state index contributed by atoms with van der Waals surface area (Å²) >= 11 is 0. The third-order valence-corrected chi connectivity index (χ3v) is 2.39. The number of non-ortho nitro benzene ring substituents is 1. The SMILES string of the molecule is CC(C)CN(CC(=O)O)c1ccc([N+](=O)[O-])cc1F. The van der Waals surface area contributed by atoms with Gasteiger partial charge in [-0.1, -0.05) is 13.8 Å². The summed E-state index contributed by atoms with van der Waals surface area (Å²) in [6, 6.07) is 3.19. The Bertz CT molecular complexity index is 491. The summed E-state index contributed by atoms with van der Waals surface area (Å²) in [6.07, 6.45) is 0. The summed E-state index contributed by atoms with van der Waals surface area (Å²) in [5.74, 6) is -1.75. The number of nitrogens with zero attached hydrogens (tertiary/aromatic N) is 2. The maximum atomic E-state index is 13.8. The number of anilines is 1. The number of aliphatic carboxylic acids is 1. The second kappa shape index (κ2) is 6.12. The Hall–Kier alpha value is -2.18. The van der Waals surface area contributed by atoms with Gasteiger partial charge in [-0.05, 0) is 12.0 Å². The molecule has 0 aromatic heterocycles. The van der Waals surface area contributed by atoms with E-state index in [-0.39, 0.29) is 23.8 Å². The van der Waals surface area contributed by atoms with Crippen LogP contribution in [0.1, 0.15) is 13.8 Å². The highest BCUT2D eigenvalue weighted by atomic mass is 19.1. The molecule has 0 atom stereocenters. The molecule has 0 saturated carbocycles. The Labute approximate surface area is 109 Å². The molecule has 0 bridgehead atoms. The van der Waals surface area contributed by atoms with Crippen molar-refractivity contribution in [2.45, 2.75) is 13.8 Å². The van der Waals surface area contributed by atoms with Gasteiger partial charge in [0.2, 0.25) is 0 Å². The zero-order valence-electron chi connectivity index (χ0n) is 10.7. The molecular formula is C12H15FN2O4. The molecular weight excluding hydrogens is 255 g/mol. The summed E-state index contributed by atoms with van der Waals surface area (Å²) in [6.45, 7) is 3.74. The number of carboxylic acid groups (broad SMARTS) is 1. The summed E-state index contributed by atoms with van der Waals surface area (Å²) in [5, 5.41) is 19.3. The van der Waals surface area contributed by atoms with Crippen LogP contribution in [-0.2, 0) is 4.79 Å². The molecule has 0 aliphatic heterocycles. The molecule has 19 heavy (non-hydrogen) atoms. The Morgan fingerprint density at radius 1 is 1.53 bits per heavy atom.